The topological polar surface area (TPSA) is 0 Å². The Morgan fingerprint density at radius 1 is 0.475 bits per heavy atom. The second kappa shape index (κ2) is 16.6. The zero-order valence-corrected chi connectivity index (χ0v) is 25.9. The van der Waals surface area contributed by atoms with E-state index in [-0.39, 0.29) is 0 Å². The summed E-state index contributed by atoms with van der Waals surface area (Å²) in [6.07, 6.45) is 24.1. The van der Waals surface area contributed by atoms with Crippen LogP contribution in [-0.2, 0) is 6.42 Å². The zero-order valence-electron chi connectivity index (χ0n) is 25.9. The van der Waals surface area contributed by atoms with E-state index in [1.54, 1.807) is 0 Å². The molecule has 0 saturated carbocycles. The van der Waals surface area contributed by atoms with Crippen LogP contribution in [0.2, 0.25) is 0 Å². The summed E-state index contributed by atoms with van der Waals surface area (Å²) in [5, 5.41) is 5.35. The Kier molecular flexibility index (Phi) is 12.6. The summed E-state index contributed by atoms with van der Waals surface area (Å²) in [6, 6.07) is 25.3. The normalized spacial score (nSPS) is 11.6. The Labute approximate surface area is 245 Å². The Morgan fingerprint density at radius 2 is 0.975 bits per heavy atom. The zero-order chi connectivity index (χ0) is 28.0. The average molecular weight is 535 g/mol. The molecule has 4 aromatic rings. The van der Waals surface area contributed by atoms with E-state index >= 15 is 0 Å². The fourth-order valence-corrected chi connectivity index (χ4v) is 6.42. The molecule has 4 rings (SSSR count). The lowest BCUT2D eigenvalue weighted by Crippen LogP contribution is -1.92. The lowest BCUT2D eigenvalue weighted by molar-refractivity contribution is 0.529. The van der Waals surface area contributed by atoms with Gasteiger partial charge in [0.05, 0.1) is 0 Å². The largest absolute Gasteiger partial charge is 0.0654 e. The predicted octanol–water partition coefficient (Wildman–Crippen LogP) is 13.1. The minimum atomic E-state index is 1.21. The highest BCUT2D eigenvalue weighted by atomic mass is 14.2. The molecule has 0 heteroatoms. The molecule has 214 valence electrons. The van der Waals surface area contributed by atoms with Gasteiger partial charge < -0.3 is 0 Å². The fraction of sp³-hybridized carbons (Fsp3) is 0.500. The molecule has 0 fully saturated rings. The van der Waals surface area contributed by atoms with Crippen LogP contribution in [-0.4, -0.2) is 0 Å². The van der Waals surface area contributed by atoms with Crippen molar-refractivity contribution in [2.45, 2.75) is 130 Å². The summed E-state index contributed by atoms with van der Waals surface area (Å²) >= 11 is 0. The minimum absolute atomic E-state index is 1.21. The van der Waals surface area contributed by atoms with Crippen LogP contribution in [0.25, 0.3) is 32.7 Å². The molecule has 0 amide bonds. The van der Waals surface area contributed by atoms with E-state index in [4.69, 9.17) is 0 Å². The summed E-state index contributed by atoms with van der Waals surface area (Å²) in [7, 11) is 0. The van der Waals surface area contributed by atoms with E-state index in [1.165, 1.54) is 159 Å². The van der Waals surface area contributed by atoms with Crippen molar-refractivity contribution in [3.63, 3.8) is 0 Å². The molecule has 0 nitrogen and oxygen atoms in total. The monoisotopic (exact) mass is 534 g/mol. The van der Waals surface area contributed by atoms with Gasteiger partial charge in [0, 0.05) is 0 Å². The smallest absolute Gasteiger partial charge is 0.00733 e. The average Bonchev–Trinajstić information content (AvgIpc) is 2.97. The minimum Gasteiger partial charge on any atom is -0.0654 e. The van der Waals surface area contributed by atoms with Crippen molar-refractivity contribution in [2.75, 3.05) is 0 Å². The number of rotatable bonds is 18. The standard InChI is InChI=1S/C40H54/c1-4-5-6-7-8-9-10-11-12-13-14-15-16-17-18-19-22-34-25-27-35(28-26-34)40-33(3)32(2)29-38-30-36-23-20-21-24-37(36)31-39(38)40/h20-21,23-31H,4-19,22H2,1-3H3. The van der Waals surface area contributed by atoms with Crippen molar-refractivity contribution in [1.29, 1.82) is 0 Å². The third kappa shape index (κ3) is 8.95. The Bertz CT molecular complexity index is 1290. The molecule has 0 heterocycles. The molecule has 0 bridgehead atoms. The van der Waals surface area contributed by atoms with Gasteiger partial charge in [0.1, 0.15) is 0 Å². The SMILES string of the molecule is CCCCCCCCCCCCCCCCCCc1ccc(-c2c(C)c(C)cc3cc4ccccc4cc23)cc1. The number of aryl methyl sites for hydroxylation is 2. The molecule has 0 aromatic heterocycles. The number of benzene rings is 4. The van der Waals surface area contributed by atoms with Crippen molar-refractivity contribution in [3.05, 3.63) is 83.4 Å². The first-order valence-corrected chi connectivity index (χ1v) is 16.7. The van der Waals surface area contributed by atoms with E-state index in [0.717, 1.165) is 0 Å². The summed E-state index contributed by atoms with van der Waals surface area (Å²) in [5.41, 5.74) is 6.99. The lowest BCUT2D eigenvalue weighted by atomic mass is 9.89. The summed E-state index contributed by atoms with van der Waals surface area (Å²) in [5.74, 6) is 0. The van der Waals surface area contributed by atoms with Gasteiger partial charge in [-0.3, -0.25) is 0 Å². The van der Waals surface area contributed by atoms with Gasteiger partial charge in [0.25, 0.3) is 0 Å². The summed E-state index contributed by atoms with van der Waals surface area (Å²) in [6.45, 7) is 6.83. The number of unbranched alkanes of at least 4 members (excludes halogenated alkanes) is 15. The second-order valence-electron chi connectivity index (χ2n) is 12.4. The maximum Gasteiger partial charge on any atom is -0.00733 e. The van der Waals surface area contributed by atoms with E-state index in [2.05, 4.69) is 87.5 Å². The molecule has 0 saturated heterocycles. The molecule has 40 heavy (non-hydrogen) atoms. The maximum atomic E-state index is 2.39. The first-order chi connectivity index (χ1) is 19.7. The van der Waals surface area contributed by atoms with Gasteiger partial charge in [-0.1, -0.05) is 158 Å². The maximum absolute atomic E-state index is 2.39. The number of hydrogen-bond donors (Lipinski definition) is 0. The molecule has 0 aliphatic rings. The van der Waals surface area contributed by atoms with Gasteiger partial charge in [-0.15, -0.1) is 0 Å². The summed E-state index contributed by atoms with van der Waals surface area (Å²) < 4.78 is 0. The second-order valence-corrected chi connectivity index (χ2v) is 12.4. The molecule has 0 unspecified atom stereocenters. The molecular formula is C40H54. The van der Waals surface area contributed by atoms with Gasteiger partial charge in [-0.2, -0.15) is 0 Å². The molecule has 0 spiro atoms. The quantitative estimate of drug-likeness (QED) is 0.0879. The van der Waals surface area contributed by atoms with Crippen LogP contribution in [0.3, 0.4) is 0 Å². The van der Waals surface area contributed by atoms with E-state index < -0.39 is 0 Å². The highest BCUT2D eigenvalue weighted by Crippen LogP contribution is 2.36. The van der Waals surface area contributed by atoms with Crippen LogP contribution < -0.4 is 0 Å². The molecule has 0 radical (unpaired) electrons. The first kappa shape index (κ1) is 30.4. The highest BCUT2D eigenvalue weighted by Gasteiger charge is 2.11. The Morgan fingerprint density at radius 3 is 1.52 bits per heavy atom. The van der Waals surface area contributed by atoms with Crippen molar-refractivity contribution in [1.82, 2.24) is 0 Å². The highest BCUT2D eigenvalue weighted by molar-refractivity contribution is 6.06. The van der Waals surface area contributed by atoms with Crippen LogP contribution in [0.15, 0.2) is 66.7 Å². The molecular weight excluding hydrogens is 480 g/mol. The number of fused-ring (bicyclic) bond motifs is 2. The first-order valence-electron chi connectivity index (χ1n) is 16.7. The van der Waals surface area contributed by atoms with Gasteiger partial charge in [0.2, 0.25) is 0 Å². The van der Waals surface area contributed by atoms with Crippen molar-refractivity contribution < 1.29 is 0 Å². The lowest BCUT2D eigenvalue weighted by Gasteiger charge is -2.15. The molecule has 4 aromatic carbocycles. The van der Waals surface area contributed by atoms with E-state index in [9.17, 15) is 0 Å². The Balaban J connectivity index is 1.15. The van der Waals surface area contributed by atoms with Gasteiger partial charge in [-0.05, 0) is 88.2 Å². The molecule has 0 aliphatic heterocycles. The third-order valence-electron chi connectivity index (χ3n) is 9.09. The molecule has 0 aliphatic carbocycles. The van der Waals surface area contributed by atoms with E-state index in [0.29, 0.717) is 0 Å². The number of hydrogen-bond acceptors (Lipinski definition) is 0. The van der Waals surface area contributed by atoms with Gasteiger partial charge in [0.15, 0.2) is 0 Å². The van der Waals surface area contributed by atoms with Crippen molar-refractivity contribution in [3.8, 4) is 11.1 Å². The van der Waals surface area contributed by atoms with Crippen LogP contribution in [0, 0.1) is 13.8 Å². The fourth-order valence-electron chi connectivity index (χ4n) is 6.42. The summed E-state index contributed by atoms with van der Waals surface area (Å²) in [4.78, 5) is 0. The predicted molar refractivity (Wildman–Crippen MR) is 180 cm³/mol. The Hall–Kier alpha value is -2.60. The van der Waals surface area contributed by atoms with Crippen LogP contribution in [0.1, 0.15) is 126 Å². The van der Waals surface area contributed by atoms with Crippen LogP contribution in [0.4, 0.5) is 0 Å². The van der Waals surface area contributed by atoms with Crippen molar-refractivity contribution >= 4 is 21.5 Å². The van der Waals surface area contributed by atoms with Gasteiger partial charge in [-0.25, -0.2) is 0 Å². The van der Waals surface area contributed by atoms with Crippen molar-refractivity contribution in [2.24, 2.45) is 0 Å². The van der Waals surface area contributed by atoms with Crippen LogP contribution >= 0.6 is 0 Å². The molecule has 0 atom stereocenters. The van der Waals surface area contributed by atoms with Gasteiger partial charge >= 0.3 is 0 Å². The third-order valence-corrected chi connectivity index (χ3v) is 9.09. The molecule has 0 N–H and O–H groups in total. The van der Waals surface area contributed by atoms with Crippen LogP contribution in [0.5, 0.6) is 0 Å². The van der Waals surface area contributed by atoms with E-state index in [1.807, 2.05) is 0 Å².